The van der Waals surface area contributed by atoms with Gasteiger partial charge in [-0.15, -0.1) is 11.3 Å². The molecule has 0 aliphatic rings. The fourth-order valence-electron chi connectivity index (χ4n) is 7.69. The van der Waals surface area contributed by atoms with Gasteiger partial charge in [0.1, 0.15) is 16.7 Å². The molecular formula is C47H28N2O2S. The van der Waals surface area contributed by atoms with E-state index < -0.39 is 0 Å². The van der Waals surface area contributed by atoms with E-state index in [0.717, 1.165) is 55.7 Å². The van der Waals surface area contributed by atoms with Crippen LogP contribution in [0.3, 0.4) is 0 Å². The van der Waals surface area contributed by atoms with Gasteiger partial charge in [-0.3, -0.25) is 0 Å². The van der Waals surface area contributed by atoms with Crippen molar-refractivity contribution in [3.63, 3.8) is 0 Å². The molecule has 4 nitrogen and oxygen atoms in total. The van der Waals surface area contributed by atoms with Crippen molar-refractivity contribution < 1.29 is 8.83 Å². The molecule has 0 spiro atoms. The van der Waals surface area contributed by atoms with Crippen molar-refractivity contribution in [3.05, 3.63) is 170 Å². The number of rotatable bonds is 5. The first kappa shape index (κ1) is 29.1. The summed E-state index contributed by atoms with van der Waals surface area (Å²) in [5, 5.41) is 7.04. The Morgan fingerprint density at radius 2 is 1.21 bits per heavy atom. The maximum atomic E-state index is 6.57. The van der Waals surface area contributed by atoms with Crippen LogP contribution in [0.25, 0.3) is 86.6 Å². The minimum absolute atomic E-state index is 0.587. The van der Waals surface area contributed by atoms with Crippen LogP contribution in [0, 0.1) is 0 Å². The van der Waals surface area contributed by atoms with Crippen LogP contribution in [0.15, 0.2) is 179 Å². The average molecular weight is 685 g/mol. The van der Waals surface area contributed by atoms with E-state index in [1.165, 1.54) is 42.1 Å². The highest BCUT2D eigenvalue weighted by atomic mass is 32.1. The van der Waals surface area contributed by atoms with Gasteiger partial charge >= 0.3 is 0 Å². The van der Waals surface area contributed by atoms with Crippen LogP contribution in [0.5, 0.6) is 0 Å². The minimum atomic E-state index is 0.587. The summed E-state index contributed by atoms with van der Waals surface area (Å²) in [5.41, 5.74) is 9.74. The van der Waals surface area contributed by atoms with Crippen molar-refractivity contribution in [2.24, 2.45) is 0 Å². The topological polar surface area (TPSA) is 42.4 Å². The van der Waals surface area contributed by atoms with Crippen LogP contribution in [0.1, 0.15) is 0 Å². The molecule has 5 heteroatoms. The lowest BCUT2D eigenvalue weighted by Crippen LogP contribution is -2.09. The van der Waals surface area contributed by atoms with Crippen molar-refractivity contribution in [1.29, 1.82) is 0 Å². The summed E-state index contributed by atoms with van der Waals surface area (Å²) in [7, 11) is 0. The first-order valence-corrected chi connectivity index (χ1v) is 18.2. The molecule has 0 unspecified atom stereocenters. The molecule has 52 heavy (non-hydrogen) atoms. The predicted octanol–water partition coefficient (Wildman–Crippen LogP) is 14.1. The number of thiophene rings is 1. The van der Waals surface area contributed by atoms with Gasteiger partial charge in [-0.2, -0.15) is 0 Å². The summed E-state index contributed by atoms with van der Waals surface area (Å²) >= 11 is 1.84. The van der Waals surface area contributed by atoms with Gasteiger partial charge in [0.2, 0.25) is 5.89 Å². The van der Waals surface area contributed by atoms with E-state index >= 15 is 0 Å². The fourth-order valence-corrected chi connectivity index (χ4v) is 8.81. The summed E-state index contributed by atoms with van der Waals surface area (Å²) in [5.74, 6) is 0.587. The number of oxazole rings is 1. The van der Waals surface area contributed by atoms with E-state index in [9.17, 15) is 0 Å². The molecule has 0 radical (unpaired) electrons. The third-order valence-corrected chi connectivity index (χ3v) is 11.2. The number of aromatic nitrogens is 1. The molecule has 0 aliphatic carbocycles. The lowest BCUT2D eigenvalue weighted by atomic mass is 9.97. The second-order valence-corrected chi connectivity index (χ2v) is 14.2. The second kappa shape index (κ2) is 11.4. The molecule has 0 saturated carbocycles. The van der Waals surface area contributed by atoms with Crippen molar-refractivity contribution >= 4 is 92.4 Å². The lowest BCUT2D eigenvalue weighted by molar-refractivity contribution is 0.620. The number of nitrogens with zero attached hydrogens (tertiary/aromatic N) is 2. The van der Waals surface area contributed by atoms with Gasteiger partial charge in [0.25, 0.3) is 0 Å². The fraction of sp³-hybridized carbons (Fsp3) is 0. The molecule has 0 amide bonds. The molecule has 0 atom stereocenters. The van der Waals surface area contributed by atoms with E-state index in [-0.39, 0.29) is 0 Å². The maximum Gasteiger partial charge on any atom is 0.228 e. The molecule has 3 heterocycles. The molecule has 8 aromatic carbocycles. The SMILES string of the molecule is c1ccc(N(c2ccc3c(c2)oc2cccc(-c4nc5ccccc5o4)c23)c2ccc3sc4cccc(-c5ccc6ccccc6c5)c4c3c2)cc1. The molecule has 3 aromatic heterocycles. The highest BCUT2D eigenvalue weighted by Gasteiger charge is 2.20. The quantitative estimate of drug-likeness (QED) is 0.181. The third-order valence-electron chi connectivity index (χ3n) is 10.1. The zero-order valence-electron chi connectivity index (χ0n) is 27.8. The van der Waals surface area contributed by atoms with Gasteiger partial charge in [-0.05, 0) is 101 Å². The van der Waals surface area contributed by atoms with Crippen LogP contribution in [-0.2, 0) is 0 Å². The molecule has 0 N–H and O–H groups in total. The van der Waals surface area contributed by atoms with Crippen LogP contribution < -0.4 is 4.90 Å². The van der Waals surface area contributed by atoms with Gasteiger partial charge < -0.3 is 13.7 Å². The Balaban J connectivity index is 1.08. The largest absolute Gasteiger partial charge is 0.456 e. The Labute approximate surface area is 302 Å². The first-order chi connectivity index (χ1) is 25.7. The zero-order chi connectivity index (χ0) is 34.2. The second-order valence-electron chi connectivity index (χ2n) is 13.1. The highest BCUT2D eigenvalue weighted by molar-refractivity contribution is 7.26. The molecule has 0 aliphatic heterocycles. The Morgan fingerprint density at radius 3 is 2.13 bits per heavy atom. The Morgan fingerprint density at radius 1 is 0.442 bits per heavy atom. The molecule has 0 fully saturated rings. The molecule has 0 bridgehead atoms. The summed E-state index contributed by atoms with van der Waals surface area (Å²) in [6, 6.07) is 59.8. The molecule has 11 aromatic rings. The van der Waals surface area contributed by atoms with Crippen LogP contribution in [0.2, 0.25) is 0 Å². The average Bonchev–Trinajstić information content (AvgIpc) is 3.91. The van der Waals surface area contributed by atoms with Gasteiger partial charge in [0.05, 0.1) is 0 Å². The van der Waals surface area contributed by atoms with E-state index in [0.29, 0.717) is 5.89 Å². The number of anilines is 3. The van der Waals surface area contributed by atoms with Gasteiger partial charge in [0.15, 0.2) is 5.58 Å². The number of hydrogen-bond donors (Lipinski definition) is 0. The first-order valence-electron chi connectivity index (χ1n) is 17.4. The van der Waals surface area contributed by atoms with Gasteiger partial charge in [-0.1, -0.05) is 84.9 Å². The Hall–Kier alpha value is -6.69. The zero-order valence-corrected chi connectivity index (χ0v) is 28.6. The Bertz CT molecular complexity index is 3120. The van der Waals surface area contributed by atoms with Gasteiger partial charge in [-0.25, -0.2) is 4.98 Å². The van der Waals surface area contributed by atoms with Crippen molar-refractivity contribution in [3.8, 4) is 22.6 Å². The highest BCUT2D eigenvalue weighted by Crippen LogP contribution is 2.45. The van der Waals surface area contributed by atoms with Crippen LogP contribution in [0.4, 0.5) is 17.1 Å². The van der Waals surface area contributed by atoms with Gasteiger partial charge in [0, 0.05) is 59.6 Å². The lowest BCUT2D eigenvalue weighted by Gasteiger charge is -2.25. The number of hydrogen-bond acceptors (Lipinski definition) is 5. The monoisotopic (exact) mass is 684 g/mol. The molecule has 244 valence electrons. The Kier molecular flexibility index (Phi) is 6.39. The summed E-state index contributed by atoms with van der Waals surface area (Å²) < 4.78 is 15.3. The standard InChI is InChI=1S/C47H28N2O2S/c1-2-12-32(13-3-1)49(34-22-24-36-42(28-34)50-41-18-8-15-37(45(36)41)47-48-39-16-6-7-17-40(39)51-47)33-23-25-43-38(27-33)46-35(14-9-19-44(46)52-43)31-21-20-29-10-4-5-11-30(29)26-31/h1-28H. The smallest absolute Gasteiger partial charge is 0.228 e. The summed E-state index contributed by atoms with van der Waals surface area (Å²) in [6.07, 6.45) is 0. The number of furan rings is 1. The van der Waals surface area contributed by atoms with E-state index in [2.05, 4.69) is 138 Å². The van der Waals surface area contributed by atoms with E-state index in [1.54, 1.807) is 0 Å². The van der Waals surface area contributed by atoms with Crippen molar-refractivity contribution in [2.45, 2.75) is 0 Å². The third kappa shape index (κ3) is 4.57. The summed E-state index contributed by atoms with van der Waals surface area (Å²) in [4.78, 5) is 7.13. The molecule has 11 rings (SSSR count). The number of fused-ring (bicyclic) bond motifs is 8. The molecule has 0 saturated heterocycles. The van der Waals surface area contributed by atoms with E-state index in [4.69, 9.17) is 13.8 Å². The van der Waals surface area contributed by atoms with Crippen molar-refractivity contribution in [2.75, 3.05) is 4.90 Å². The summed E-state index contributed by atoms with van der Waals surface area (Å²) in [6.45, 7) is 0. The van der Waals surface area contributed by atoms with Crippen LogP contribution >= 0.6 is 11.3 Å². The molecular weight excluding hydrogens is 657 g/mol. The normalized spacial score (nSPS) is 11.8. The number of benzene rings is 8. The van der Waals surface area contributed by atoms with E-state index in [1.807, 2.05) is 47.7 Å². The predicted molar refractivity (Wildman–Crippen MR) is 217 cm³/mol. The van der Waals surface area contributed by atoms with Crippen molar-refractivity contribution in [1.82, 2.24) is 4.98 Å². The van der Waals surface area contributed by atoms with Crippen LogP contribution in [-0.4, -0.2) is 4.98 Å². The maximum absolute atomic E-state index is 6.57. The number of para-hydroxylation sites is 3. The minimum Gasteiger partial charge on any atom is -0.456 e.